The maximum absolute atomic E-state index is 12.9. The quantitative estimate of drug-likeness (QED) is 0.906. The zero-order valence-corrected chi connectivity index (χ0v) is 14.0. The van der Waals surface area contributed by atoms with E-state index in [1.54, 1.807) is 0 Å². The lowest BCUT2D eigenvalue weighted by Crippen LogP contribution is -2.40. The third-order valence-electron chi connectivity index (χ3n) is 3.64. The summed E-state index contributed by atoms with van der Waals surface area (Å²) in [6.45, 7) is 0.446. The van der Waals surface area contributed by atoms with Gasteiger partial charge in [0, 0.05) is 14.9 Å². The van der Waals surface area contributed by atoms with Crippen LogP contribution in [0.1, 0.15) is 11.6 Å². The lowest BCUT2D eigenvalue weighted by atomic mass is 10.0. The second-order valence-corrected chi connectivity index (χ2v) is 7.50. The molecule has 1 heterocycles. The van der Waals surface area contributed by atoms with Crippen LogP contribution in [0.15, 0.2) is 57.9 Å². The molecule has 5 heteroatoms. The average Bonchev–Trinajstić information content (AvgIpc) is 2.53. The third kappa shape index (κ3) is 2.91. The molecule has 0 saturated heterocycles. The van der Waals surface area contributed by atoms with Crippen molar-refractivity contribution in [3.05, 3.63) is 58.6 Å². The molecule has 3 unspecified atom stereocenters. The Labute approximate surface area is 135 Å². The number of halogens is 1. The lowest BCUT2D eigenvalue weighted by molar-refractivity contribution is 0.262. The predicted octanol–water partition coefficient (Wildman–Crippen LogP) is 3.28. The van der Waals surface area contributed by atoms with Crippen LogP contribution in [0.2, 0.25) is 0 Å². The summed E-state index contributed by atoms with van der Waals surface area (Å²) >= 11 is 3.43. The van der Waals surface area contributed by atoms with E-state index >= 15 is 0 Å². The smallest absolute Gasteiger partial charge is 0.124 e. The van der Waals surface area contributed by atoms with E-state index in [-0.39, 0.29) is 11.3 Å². The Morgan fingerprint density at radius 3 is 2.81 bits per heavy atom. The van der Waals surface area contributed by atoms with Gasteiger partial charge in [-0.05, 0) is 31.3 Å². The zero-order chi connectivity index (χ0) is 14.8. The highest BCUT2D eigenvalue weighted by molar-refractivity contribution is 9.10. The van der Waals surface area contributed by atoms with Crippen LogP contribution in [0.5, 0.6) is 5.75 Å². The Morgan fingerprint density at radius 1 is 1.24 bits per heavy atom. The Morgan fingerprint density at radius 2 is 2.05 bits per heavy atom. The first-order chi connectivity index (χ1) is 10.2. The molecule has 3 atom stereocenters. The number of ether oxygens (including phenoxy) is 1. The molecule has 0 amide bonds. The summed E-state index contributed by atoms with van der Waals surface area (Å²) in [5.74, 6) is 0.874. The monoisotopic (exact) mass is 365 g/mol. The van der Waals surface area contributed by atoms with Gasteiger partial charge in [-0.2, -0.15) is 0 Å². The van der Waals surface area contributed by atoms with Gasteiger partial charge in [0.15, 0.2) is 0 Å². The fourth-order valence-corrected chi connectivity index (χ4v) is 4.71. The van der Waals surface area contributed by atoms with Gasteiger partial charge in [-0.3, -0.25) is 4.21 Å². The molecule has 0 fully saturated rings. The summed E-state index contributed by atoms with van der Waals surface area (Å²) in [7, 11) is 0.766. The molecule has 2 aromatic rings. The molecule has 3 rings (SSSR count). The van der Waals surface area contributed by atoms with Crippen molar-refractivity contribution in [2.24, 2.45) is 0 Å². The summed E-state index contributed by atoms with van der Waals surface area (Å²) in [5, 5.41) is 3.18. The summed E-state index contributed by atoms with van der Waals surface area (Å²) in [4.78, 5) is 0.817. The number of fused-ring (bicyclic) bond motifs is 1. The maximum atomic E-state index is 12.9. The molecule has 0 aliphatic carbocycles. The van der Waals surface area contributed by atoms with Crippen molar-refractivity contribution in [2.75, 3.05) is 13.7 Å². The van der Waals surface area contributed by atoms with Crippen LogP contribution in [0.4, 0.5) is 0 Å². The molecule has 0 bridgehead atoms. The van der Waals surface area contributed by atoms with E-state index in [1.807, 2.05) is 55.6 Å². The van der Waals surface area contributed by atoms with Gasteiger partial charge < -0.3 is 10.1 Å². The van der Waals surface area contributed by atoms with E-state index in [9.17, 15) is 4.21 Å². The van der Waals surface area contributed by atoms with Gasteiger partial charge in [-0.1, -0.05) is 40.2 Å². The largest absolute Gasteiger partial charge is 0.492 e. The normalized spacial score (nSPS) is 22.2. The second kappa shape index (κ2) is 6.30. The number of rotatable bonds is 3. The van der Waals surface area contributed by atoms with E-state index in [0.717, 1.165) is 20.7 Å². The van der Waals surface area contributed by atoms with Gasteiger partial charge in [0.25, 0.3) is 0 Å². The lowest BCUT2D eigenvalue weighted by Gasteiger charge is -2.32. The van der Waals surface area contributed by atoms with E-state index in [0.29, 0.717) is 6.61 Å². The SMILES string of the molecule is CNC1c2ccccc2OCC1S(=O)c1cccc(Br)c1. The van der Waals surface area contributed by atoms with Crippen molar-refractivity contribution in [1.82, 2.24) is 5.32 Å². The number of nitrogens with one attached hydrogen (secondary N) is 1. The second-order valence-electron chi connectivity index (χ2n) is 4.91. The average molecular weight is 366 g/mol. The minimum Gasteiger partial charge on any atom is -0.492 e. The van der Waals surface area contributed by atoms with Gasteiger partial charge in [-0.15, -0.1) is 0 Å². The highest BCUT2D eigenvalue weighted by atomic mass is 79.9. The number of para-hydroxylation sites is 1. The van der Waals surface area contributed by atoms with Crippen LogP contribution in [0.3, 0.4) is 0 Å². The minimum absolute atomic E-state index is 0.0229. The van der Waals surface area contributed by atoms with Crippen molar-refractivity contribution >= 4 is 26.7 Å². The van der Waals surface area contributed by atoms with Crippen molar-refractivity contribution in [1.29, 1.82) is 0 Å². The molecular weight excluding hydrogens is 350 g/mol. The molecule has 110 valence electrons. The molecule has 2 aromatic carbocycles. The Balaban J connectivity index is 1.94. The zero-order valence-electron chi connectivity index (χ0n) is 11.6. The van der Waals surface area contributed by atoms with Gasteiger partial charge in [0.1, 0.15) is 12.4 Å². The predicted molar refractivity (Wildman–Crippen MR) is 88.1 cm³/mol. The standard InChI is InChI=1S/C16H16BrNO2S/c1-18-16-13-7-2-3-8-14(13)20-10-15(16)21(19)12-6-4-5-11(17)9-12/h2-9,15-16,18H,10H2,1H3. The Bertz CT molecular complexity index is 677. The minimum atomic E-state index is -1.13. The topological polar surface area (TPSA) is 38.3 Å². The molecule has 0 aromatic heterocycles. The Kier molecular flexibility index (Phi) is 4.42. The van der Waals surface area contributed by atoms with Gasteiger partial charge in [0.05, 0.1) is 22.1 Å². The fourth-order valence-electron chi connectivity index (χ4n) is 2.63. The van der Waals surface area contributed by atoms with Crippen LogP contribution in [-0.4, -0.2) is 23.1 Å². The molecule has 1 N–H and O–H groups in total. The van der Waals surface area contributed by atoms with Crippen LogP contribution >= 0.6 is 15.9 Å². The van der Waals surface area contributed by atoms with Crippen LogP contribution in [0, 0.1) is 0 Å². The first kappa shape index (κ1) is 14.8. The van der Waals surface area contributed by atoms with Gasteiger partial charge >= 0.3 is 0 Å². The molecule has 1 aliphatic rings. The van der Waals surface area contributed by atoms with Crippen LogP contribution in [-0.2, 0) is 10.8 Å². The maximum Gasteiger partial charge on any atom is 0.124 e. The van der Waals surface area contributed by atoms with E-state index in [2.05, 4.69) is 21.2 Å². The summed E-state index contributed by atoms with van der Waals surface area (Å²) < 4.78 is 19.6. The number of hydrogen-bond acceptors (Lipinski definition) is 3. The van der Waals surface area contributed by atoms with Gasteiger partial charge in [0.2, 0.25) is 0 Å². The molecule has 1 aliphatic heterocycles. The van der Waals surface area contributed by atoms with Crippen molar-refractivity contribution in [2.45, 2.75) is 16.2 Å². The number of benzene rings is 2. The van der Waals surface area contributed by atoms with Crippen molar-refractivity contribution in [3.63, 3.8) is 0 Å². The van der Waals surface area contributed by atoms with E-state index in [4.69, 9.17) is 4.74 Å². The molecule has 0 radical (unpaired) electrons. The molecule has 0 spiro atoms. The Hall–Kier alpha value is -1.17. The first-order valence-electron chi connectivity index (χ1n) is 6.76. The molecule has 21 heavy (non-hydrogen) atoms. The van der Waals surface area contributed by atoms with Gasteiger partial charge in [-0.25, -0.2) is 0 Å². The van der Waals surface area contributed by atoms with E-state index in [1.165, 1.54) is 0 Å². The summed E-state index contributed by atoms with van der Waals surface area (Å²) in [6.07, 6.45) is 0. The van der Waals surface area contributed by atoms with Crippen LogP contribution < -0.4 is 10.1 Å². The fraction of sp³-hybridized carbons (Fsp3) is 0.250. The number of hydrogen-bond donors (Lipinski definition) is 1. The highest BCUT2D eigenvalue weighted by Crippen LogP contribution is 2.35. The summed E-state index contributed by atoms with van der Waals surface area (Å²) in [6, 6.07) is 15.6. The molecule has 0 saturated carbocycles. The highest BCUT2D eigenvalue weighted by Gasteiger charge is 2.34. The van der Waals surface area contributed by atoms with Crippen molar-refractivity contribution < 1.29 is 8.95 Å². The van der Waals surface area contributed by atoms with Crippen molar-refractivity contribution in [3.8, 4) is 5.75 Å². The summed E-state index contributed by atoms with van der Waals surface area (Å²) in [5.41, 5.74) is 1.07. The molecule has 3 nitrogen and oxygen atoms in total. The van der Waals surface area contributed by atoms with E-state index < -0.39 is 10.8 Å². The first-order valence-corrected chi connectivity index (χ1v) is 8.76. The molecular formula is C16H16BrNO2S. The van der Waals surface area contributed by atoms with Crippen LogP contribution in [0.25, 0.3) is 0 Å². The third-order valence-corrected chi connectivity index (χ3v) is 5.81.